The van der Waals surface area contributed by atoms with Crippen LogP contribution in [-0.2, 0) is 10.0 Å². The Labute approximate surface area is 131 Å². The van der Waals surface area contributed by atoms with Gasteiger partial charge >= 0.3 is 0 Å². The molecule has 0 spiro atoms. The van der Waals surface area contributed by atoms with E-state index in [1.165, 1.54) is 0 Å². The monoisotopic (exact) mass is 382 g/mol. The van der Waals surface area contributed by atoms with E-state index in [-0.39, 0.29) is 16.4 Å². The molecule has 0 amide bonds. The highest BCUT2D eigenvalue weighted by atomic mass is 79.9. The third-order valence-corrected chi connectivity index (χ3v) is 5.79. The number of halogens is 3. The number of benzene rings is 1. The number of hydrogen-bond acceptors (Lipinski definition) is 3. The van der Waals surface area contributed by atoms with Crippen molar-refractivity contribution in [3.8, 4) is 0 Å². The van der Waals surface area contributed by atoms with Crippen LogP contribution in [0.2, 0.25) is 0 Å². The molecular formula is C13H17BrF2N2O2S. The topological polar surface area (TPSA) is 58.2 Å². The van der Waals surface area contributed by atoms with E-state index in [0.29, 0.717) is 6.07 Å². The minimum atomic E-state index is -4.07. The van der Waals surface area contributed by atoms with E-state index in [4.69, 9.17) is 0 Å². The van der Waals surface area contributed by atoms with Gasteiger partial charge in [-0.05, 0) is 59.4 Å². The van der Waals surface area contributed by atoms with Crippen molar-refractivity contribution < 1.29 is 17.2 Å². The highest BCUT2D eigenvalue weighted by Gasteiger charge is 2.30. The number of rotatable bonds is 4. The van der Waals surface area contributed by atoms with Gasteiger partial charge in [0, 0.05) is 6.54 Å². The predicted molar refractivity (Wildman–Crippen MR) is 79.5 cm³/mol. The summed E-state index contributed by atoms with van der Waals surface area (Å²) in [5.74, 6) is -1.80. The summed E-state index contributed by atoms with van der Waals surface area (Å²) < 4.78 is 53.8. The third-order valence-electron chi connectivity index (χ3n) is 3.76. The van der Waals surface area contributed by atoms with E-state index in [0.717, 1.165) is 32.0 Å². The maximum atomic E-state index is 13.8. The molecule has 0 aliphatic carbocycles. The van der Waals surface area contributed by atoms with Gasteiger partial charge in [-0.15, -0.1) is 0 Å². The Morgan fingerprint density at radius 1 is 1.29 bits per heavy atom. The minimum absolute atomic E-state index is 0.107. The standard InChI is InChI=1S/C13H17BrF2N2O2S/c1-13(2-4-17-5-3-13)8-18-21(19,20)12-7-10(15)9(14)6-11(12)16/h6-7,17-18H,2-5,8H2,1H3. The first-order valence-electron chi connectivity index (χ1n) is 6.58. The van der Waals surface area contributed by atoms with Gasteiger partial charge in [0.25, 0.3) is 0 Å². The molecule has 0 atom stereocenters. The van der Waals surface area contributed by atoms with Crippen molar-refractivity contribution >= 4 is 26.0 Å². The molecule has 0 radical (unpaired) electrons. The first kappa shape index (κ1) is 16.8. The molecule has 1 aromatic rings. The van der Waals surface area contributed by atoms with Crippen molar-refractivity contribution in [1.29, 1.82) is 0 Å². The van der Waals surface area contributed by atoms with Gasteiger partial charge in [-0.2, -0.15) is 0 Å². The summed E-state index contributed by atoms with van der Waals surface area (Å²) in [6.45, 7) is 3.82. The second-order valence-electron chi connectivity index (χ2n) is 5.58. The molecule has 2 rings (SSSR count). The Balaban J connectivity index is 2.17. The van der Waals surface area contributed by atoms with Gasteiger partial charge in [-0.3, -0.25) is 0 Å². The second kappa shape index (κ2) is 6.28. The van der Waals surface area contributed by atoms with Crippen LogP contribution in [0.1, 0.15) is 19.8 Å². The smallest absolute Gasteiger partial charge is 0.243 e. The Morgan fingerprint density at radius 3 is 2.52 bits per heavy atom. The molecule has 4 nitrogen and oxygen atoms in total. The lowest BCUT2D eigenvalue weighted by Crippen LogP contribution is -2.43. The average Bonchev–Trinajstić information content (AvgIpc) is 2.42. The van der Waals surface area contributed by atoms with Gasteiger partial charge < -0.3 is 5.32 Å². The van der Waals surface area contributed by atoms with Crippen molar-refractivity contribution in [2.24, 2.45) is 5.41 Å². The third kappa shape index (κ3) is 4.00. The summed E-state index contributed by atoms with van der Waals surface area (Å²) in [4.78, 5) is -0.666. The van der Waals surface area contributed by atoms with Crippen LogP contribution in [-0.4, -0.2) is 28.1 Å². The maximum absolute atomic E-state index is 13.8. The van der Waals surface area contributed by atoms with E-state index in [1.54, 1.807) is 0 Å². The van der Waals surface area contributed by atoms with E-state index in [2.05, 4.69) is 26.0 Å². The molecule has 1 fully saturated rings. The molecule has 118 valence electrons. The maximum Gasteiger partial charge on any atom is 0.243 e. The van der Waals surface area contributed by atoms with Crippen LogP contribution >= 0.6 is 15.9 Å². The summed E-state index contributed by atoms with van der Waals surface area (Å²) in [5.41, 5.74) is -0.178. The van der Waals surface area contributed by atoms with Crippen LogP contribution in [0.5, 0.6) is 0 Å². The van der Waals surface area contributed by atoms with Crippen LogP contribution in [0, 0.1) is 17.0 Å². The Kier molecular flexibility index (Phi) is 5.02. The van der Waals surface area contributed by atoms with E-state index in [1.807, 2.05) is 6.92 Å². The Hall–Kier alpha value is -0.570. The van der Waals surface area contributed by atoms with Crippen molar-refractivity contribution in [1.82, 2.24) is 10.0 Å². The number of hydrogen-bond donors (Lipinski definition) is 2. The summed E-state index contributed by atoms with van der Waals surface area (Å²) in [7, 11) is -4.07. The number of sulfonamides is 1. The van der Waals surface area contributed by atoms with Crippen molar-refractivity contribution in [2.45, 2.75) is 24.7 Å². The summed E-state index contributed by atoms with van der Waals surface area (Å²) in [6.07, 6.45) is 1.65. The Bertz CT molecular complexity index is 631. The van der Waals surface area contributed by atoms with Crippen molar-refractivity contribution in [3.63, 3.8) is 0 Å². The SMILES string of the molecule is CC1(CNS(=O)(=O)c2cc(F)c(Br)cc2F)CCNCC1. The molecule has 1 aromatic carbocycles. The highest BCUT2D eigenvalue weighted by Crippen LogP contribution is 2.28. The molecule has 8 heteroatoms. The second-order valence-corrected chi connectivity index (χ2v) is 8.17. The molecule has 1 heterocycles. The van der Waals surface area contributed by atoms with E-state index in [9.17, 15) is 17.2 Å². The molecule has 0 aromatic heterocycles. The highest BCUT2D eigenvalue weighted by molar-refractivity contribution is 9.10. The van der Waals surface area contributed by atoms with Crippen LogP contribution in [0.15, 0.2) is 21.5 Å². The van der Waals surface area contributed by atoms with Crippen LogP contribution < -0.4 is 10.0 Å². The molecule has 0 unspecified atom stereocenters. The first-order valence-corrected chi connectivity index (χ1v) is 8.86. The van der Waals surface area contributed by atoms with Gasteiger partial charge in [-0.25, -0.2) is 21.9 Å². The largest absolute Gasteiger partial charge is 0.317 e. The minimum Gasteiger partial charge on any atom is -0.317 e. The Morgan fingerprint density at radius 2 is 1.90 bits per heavy atom. The quantitative estimate of drug-likeness (QED) is 0.786. The van der Waals surface area contributed by atoms with Gasteiger partial charge in [-0.1, -0.05) is 6.92 Å². The molecule has 1 aliphatic rings. The molecule has 1 aliphatic heterocycles. The zero-order valence-corrected chi connectivity index (χ0v) is 14.0. The number of piperidine rings is 1. The fraction of sp³-hybridized carbons (Fsp3) is 0.538. The fourth-order valence-corrected chi connectivity index (χ4v) is 3.85. The molecule has 0 bridgehead atoms. The van der Waals surface area contributed by atoms with Crippen LogP contribution in [0.3, 0.4) is 0 Å². The van der Waals surface area contributed by atoms with Crippen LogP contribution in [0.25, 0.3) is 0 Å². The fourth-order valence-electron chi connectivity index (χ4n) is 2.26. The van der Waals surface area contributed by atoms with Gasteiger partial charge in [0.1, 0.15) is 16.5 Å². The molecule has 0 saturated carbocycles. The van der Waals surface area contributed by atoms with E-state index < -0.39 is 26.6 Å². The molecular weight excluding hydrogens is 366 g/mol. The predicted octanol–water partition coefficient (Wildman–Crippen LogP) is 2.40. The lowest BCUT2D eigenvalue weighted by atomic mass is 9.81. The summed E-state index contributed by atoms with van der Waals surface area (Å²) in [5, 5.41) is 3.20. The van der Waals surface area contributed by atoms with Crippen LogP contribution in [0.4, 0.5) is 8.78 Å². The lowest BCUT2D eigenvalue weighted by molar-refractivity contribution is 0.232. The summed E-state index contributed by atoms with van der Waals surface area (Å²) in [6, 6.07) is 1.50. The molecule has 2 N–H and O–H groups in total. The average molecular weight is 383 g/mol. The van der Waals surface area contributed by atoms with Crippen molar-refractivity contribution in [3.05, 3.63) is 28.2 Å². The normalized spacial score (nSPS) is 18.7. The van der Waals surface area contributed by atoms with Crippen molar-refractivity contribution in [2.75, 3.05) is 19.6 Å². The molecule has 21 heavy (non-hydrogen) atoms. The van der Waals surface area contributed by atoms with E-state index >= 15 is 0 Å². The molecule has 1 saturated heterocycles. The first-order chi connectivity index (χ1) is 9.73. The zero-order chi connectivity index (χ0) is 15.7. The lowest BCUT2D eigenvalue weighted by Gasteiger charge is -2.34. The number of nitrogens with one attached hydrogen (secondary N) is 2. The van der Waals surface area contributed by atoms with Gasteiger partial charge in [0.05, 0.1) is 4.47 Å². The summed E-state index contributed by atoms with van der Waals surface area (Å²) >= 11 is 2.82. The van der Waals surface area contributed by atoms with Gasteiger partial charge in [0.15, 0.2) is 0 Å². The van der Waals surface area contributed by atoms with Gasteiger partial charge in [0.2, 0.25) is 10.0 Å². The zero-order valence-electron chi connectivity index (χ0n) is 11.5.